The van der Waals surface area contributed by atoms with Gasteiger partial charge in [-0.15, -0.1) is 0 Å². The quantitative estimate of drug-likeness (QED) is 0.425. The van der Waals surface area contributed by atoms with Gasteiger partial charge in [0.1, 0.15) is 0 Å². The first-order chi connectivity index (χ1) is 7.84. The highest BCUT2D eigenvalue weighted by atomic mass is 16.5. The number of aliphatic imine (C=N–C) groups is 1. The number of hydrogen-bond donors (Lipinski definition) is 0. The Bertz CT molecular complexity index is 405. The van der Waals surface area contributed by atoms with Crippen LogP contribution in [0.15, 0.2) is 28.4 Å². The Morgan fingerprint density at radius 2 is 1.47 bits per heavy atom. The minimum Gasteiger partial charge on any atom is -0.466 e. The second kappa shape index (κ2) is 6.62. The molecule has 0 spiro atoms. The Labute approximate surface area is 101 Å². The van der Waals surface area contributed by atoms with Crippen LogP contribution in [0.3, 0.4) is 0 Å². The van der Waals surface area contributed by atoms with E-state index >= 15 is 0 Å². The molecule has 0 aliphatic rings. The van der Waals surface area contributed by atoms with Crippen molar-refractivity contribution in [1.29, 1.82) is 0 Å². The van der Waals surface area contributed by atoms with E-state index < -0.39 is 11.9 Å². The van der Waals surface area contributed by atoms with Crippen LogP contribution in [0.5, 0.6) is 0 Å². The number of hydrogen-bond acceptors (Lipinski definition) is 5. The lowest BCUT2D eigenvalue weighted by Crippen LogP contribution is -2.11. The number of carbonyl (C=O) groups is 2. The predicted molar refractivity (Wildman–Crippen MR) is 64.7 cm³/mol. The topological polar surface area (TPSA) is 65.0 Å². The summed E-state index contributed by atoms with van der Waals surface area (Å²) in [4.78, 5) is 26.5. The average molecular weight is 239 g/mol. The molecule has 17 heavy (non-hydrogen) atoms. The van der Waals surface area contributed by atoms with Gasteiger partial charge < -0.3 is 9.47 Å². The largest absolute Gasteiger partial charge is 0.466 e. The van der Waals surface area contributed by atoms with Crippen LogP contribution in [0.4, 0.5) is 0 Å². The van der Waals surface area contributed by atoms with Crippen LogP contribution in [0.1, 0.15) is 20.8 Å². The van der Waals surface area contributed by atoms with Gasteiger partial charge in [0.05, 0.1) is 31.1 Å². The Morgan fingerprint density at radius 1 is 1.00 bits per heavy atom. The first-order valence-electron chi connectivity index (χ1n) is 4.93. The van der Waals surface area contributed by atoms with Crippen LogP contribution in [0.25, 0.3) is 0 Å². The molecule has 0 N–H and O–H groups in total. The summed E-state index contributed by atoms with van der Waals surface area (Å²) in [5.41, 5.74) is 1.41. The van der Waals surface area contributed by atoms with Crippen molar-refractivity contribution in [3.05, 3.63) is 23.4 Å². The van der Waals surface area contributed by atoms with Gasteiger partial charge in [-0.05, 0) is 20.8 Å². The second-order valence-corrected chi connectivity index (χ2v) is 3.37. The van der Waals surface area contributed by atoms with Crippen molar-refractivity contribution in [2.45, 2.75) is 20.8 Å². The molecule has 0 aliphatic heterocycles. The zero-order valence-electron chi connectivity index (χ0n) is 10.8. The molecular weight excluding hydrogens is 222 g/mol. The summed E-state index contributed by atoms with van der Waals surface area (Å²) in [6, 6.07) is 0. The molecule has 0 amide bonds. The van der Waals surface area contributed by atoms with Crippen LogP contribution in [-0.2, 0) is 19.1 Å². The molecule has 0 aliphatic carbocycles. The third-order valence-corrected chi connectivity index (χ3v) is 2.24. The van der Waals surface area contributed by atoms with Crippen molar-refractivity contribution in [1.82, 2.24) is 0 Å². The van der Waals surface area contributed by atoms with Gasteiger partial charge in [0.2, 0.25) is 0 Å². The summed E-state index contributed by atoms with van der Waals surface area (Å²) < 4.78 is 9.08. The summed E-state index contributed by atoms with van der Waals surface area (Å²) in [6.45, 7) is 8.43. The summed E-state index contributed by atoms with van der Waals surface area (Å²) in [5, 5.41) is 0. The molecule has 5 heteroatoms. The Balaban J connectivity index is 5.10. The Hall–Kier alpha value is -1.91. The minimum atomic E-state index is -0.547. The molecule has 0 aromatic heterocycles. The molecule has 0 saturated carbocycles. The highest BCUT2D eigenvalue weighted by Gasteiger charge is 2.12. The molecule has 0 fully saturated rings. The van der Waals surface area contributed by atoms with Gasteiger partial charge in [-0.3, -0.25) is 4.99 Å². The van der Waals surface area contributed by atoms with E-state index in [9.17, 15) is 9.59 Å². The summed E-state index contributed by atoms with van der Waals surface area (Å²) in [7, 11) is 2.56. The van der Waals surface area contributed by atoms with E-state index in [1.165, 1.54) is 14.2 Å². The van der Waals surface area contributed by atoms with Gasteiger partial charge in [0, 0.05) is 5.70 Å². The fourth-order valence-corrected chi connectivity index (χ4v) is 0.975. The molecule has 0 aromatic carbocycles. The average Bonchev–Trinajstić information content (AvgIpc) is 2.34. The van der Waals surface area contributed by atoms with E-state index in [-0.39, 0.29) is 5.57 Å². The normalized spacial score (nSPS) is 12.6. The second-order valence-electron chi connectivity index (χ2n) is 3.37. The van der Waals surface area contributed by atoms with Gasteiger partial charge in [0.15, 0.2) is 0 Å². The van der Waals surface area contributed by atoms with Crippen LogP contribution in [-0.4, -0.2) is 31.9 Å². The van der Waals surface area contributed by atoms with Crippen molar-refractivity contribution < 1.29 is 19.1 Å². The molecular formula is C12H17NO4. The standard InChI is InChI=1S/C12H17NO4/c1-7(11(14)16-5)9(3)13-10(4)8(2)12(15)17-6/h1H2,2-6H3/b10-8+,13-9?. The monoisotopic (exact) mass is 239 g/mol. The van der Waals surface area contributed by atoms with Crippen molar-refractivity contribution in [2.75, 3.05) is 14.2 Å². The van der Waals surface area contributed by atoms with Crippen LogP contribution >= 0.6 is 0 Å². The lowest BCUT2D eigenvalue weighted by atomic mass is 10.2. The maximum absolute atomic E-state index is 11.2. The molecule has 0 saturated heterocycles. The molecule has 0 atom stereocenters. The third kappa shape index (κ3) is 4.22. The highest BCUT2D eigenvalue weighted by Crippen LogP contribution is 2.09. The van der Waals surface area contributed by atoms with E-state index in [4.69, 9.17) is 0 Å². The molecule has 0 bridgehead atoms. The number of rotatable bonds is 4. The van der Waals surface area contributed by atoms with Crippen molar-refractivity contribution in [3.63, 3.8) is 0 Å². The maximum atomic E-state index is 11.2. The SMILES string of the molecule is C=C(C(=O)OC)C(C)=N/C(C)=C(\C)C(=O)OC. The van der Waals surface area contributed by atoms with Gasteiger partial charge >= 0.3 is 11.9 Å². The zero-order valence-corrected chi connectivity index (χ0v) is 10.8. The van der Waals surface area contributed by atoms with Crippen LogP contribution in [0, 0.1) is 0 Å². The number of esters is 2. The van der Waals surface area contributed by atoms with Crippen molar-refractivity contribution in [3.8, 4) is 0 Å². The number of ether oxygens (including phenoxy) is 2. The van der Waals surface area contributed by atoms with Gasteiger partial charge in [-0.1, -0.05) is 6.58 Å². The molecule has 0 aromatic rings. The minimum absolute atomic E-state index is 0.157. The van der Waals surface area contributed by atoms with E-state index in [0.29, 0.717) is 17.0 Å². The van der Waals surface area contributed by atoms with Crippen LogP contribution in [0.2, 0.25) is 0 Å². The molecule has 0 radical (unpaired) electrons. The molecule has 0 unspecified atom stereocenters. The van der Waals surface area contributed by atoms with Crippen LogP contribution < -0.4 is 0 Å². The van der Waals surface area contributed by atoms with Gasteiger partial charge in [-0.2, -0.15) is 0 Å². The number of allylic oxidation sites excluding steroid dienone is 1. The summed E-state index contributed by atoms with van der Waals surface area (Å²) >= 11 is 0. The first-order valence-corrected chi connectivity index (χ1v) is 4.93. The van der Waals surface area contributed by atoms with Crippen molar-refractivity contribution >= 4 is 17.7 Å². The fourth-order valence-electron chi connectivity index (χ4n) is 0.975. The molecule has 0 heterocycles. The van der Waals surface area contributed by atoms with E-state index in [0.717, 1.165) is 0 Å². The number of carbonyl (C=O) groups excluding carboxylic acids is 2. The van der Waals surface area contributed by atoms with E-state index in [1.54, 1.807) is 20.8 Å². The van der Waals surface area contributed by atoms with Crippen molar-refractivity contribution in [2.24, 2.45) is 4.99 Å². The van der Waals surface area contributed by atoms with E-state index in [1.807, 2.05) is 0 Å². The fraction of sp³-hybridized carbons (Fsp3) is 0.417. The third-order valence-electron chi connectivity index (χ3n) is 2.24. The van der Waals surface area contributed by atoms with Gasteiger partial charge in [-0.25, -0.2) is 9.59 Å². The Kier molecular flexibility index (Phi) is 5.88. The first kappa shape index (κ1) is 15.1. The smallest absolute Gasteiger partial charge is 0.339 e. The number of nitrogens with zero attached hydrogens (tertiary/aromatic N) is 1. The lowest BCUT2D eigenvalue weighted by molar-refractivity contribution is -0.136. The lowest BCUT2D eigenvalue weighted by Gasteiger charge is -2.05. The summed E-state index contributed by atoms with van der Waals surface area (Å²) in [6.07, 6.45) is 0. The number of methoxy groups -OCH3 is 2. The maximum Gasteiger partial charge on any atom is 0.339 e. The Morgan fingerprint density at radius 3 is 1.88 bits per heavy atom. The highest BCUT2D eigenvalue weighted by molar-refractivity contribution is 6.18. The molecule has 94 valence electrons. The molecule has 5 nitrogen and oxygen atoms in total. The predicted octanol–water partition coefficient (Wildman–Crippen LogP) is 1.64. The summed E-state index contributed by atoms with van der Waals surface area (Å²) in [5.74, 6) is -1.00. The zero-order chi connectivity index (χ0) is 13.6. The van der Waals surface area contributed by atoms with Gasteiger partial charge in [0.25, 0.3) is 0 Å². The van der Waals surface area contributed by atoms with E-state index in [2.05, 4.69) is 21.0 Å². The molecule has 0 rings (SSSR count).